The first kappa shape index (κ1) is 18.1. The molecule has 2 amide bonds. The summed E-state index contributed by atoms with van der Waals surface area (Å²) < 4.78 is 10.6. The Kier molecular flexibility index (Phi) is 5.66. The Hall–Kier alpha value is -2.28. The third kappa shape index (κ3) is 3.31. The van der Waals surface area contributed by atoms with Crippen molar-refractivity contribution in [1.82, 2.24) is 9.80 Å². The first-order chi connectivity index (χ1) is 11.4. The van der Waals surface area contributed by atoms with E-state index in [1.165, 1.54) is 0 Å². The first-order valence-corrected chi connectivity index (χ1v) is 7.85. The molecule has 1 N–H and O–H groups in total. The molecule has 7 heteroatoms. The lowest BCUT2D eigenvalue weighted by atomic mass is 10.0. The van der Waals surface area contributed by atoms with Crippen molar-refractivity contribution >= 4 is 11.8 Å². The molecule has 0 unspecified atom stereocenters. The smallest absolute Gasteiger partial charge is 0.254 e. The summed E-state index contributed by atoms with van der Waals surface area (Å²) in [4.78, 5) is 27.9. The Balaban J connectivity index is 2.20. The molecule has 0 bridgehead atoms. The van der Waals surface area contributed by atoms with Crippen molar-refractivity contribution in [3.8, 4) is 11.5 Å². The zero-order valence-electron chi connectivity index (χ0n) is 14.5. The molecule has 1 aliphatic rings. The molecule has 0 aliphatic carbocycles. The van der Waals surface area contributed by atoms with E-state index < -0.39 is 6.61 Å². The molecule has 1 heterocycles. The zero-order chi connectivity index (χ0) is 17.9. The van der Waals surface area contributed by atoms with E-state index in [2.05, 4.69) is 0 Å². The van der Waals surface area contributed by atoms with Crippen LogP contribution in [-0.2, 0) is 4.79 Å². The summed E-state index contributed by atoms with van der Waals surface area (Å²) in [5.74, 6) is 0.720. The minimum absolute atomic E-state index is 0.101. The number of nitrogens with zero attached hydrogens (tertiary/aromatic N) is 2. The maximum atomic E-state index is 12.9. The van der Waals surface area contributed by atoms with E-state index >= 15 is 0 Å². The van der Waals surface area contributed by atoms with Gasteiger partial charge in [0.15, 0.2) is 11.5 Å². The van der Waals surface area contributed by atoms with Gasteiger partial charge in [0.25, 0.3) is 5.91 Å². The first-order valence-electron chi connectivity index (χ1n) is 7.85. The molecule has 0 spiro atoms. The van der Waals surface area contributed by atoms with Gasteiger partial charge >= 0.3 is 0 Å². The topological polar surface area (TPSA) is 79.3 Å². The fourth-order valence-electron chi connectivity index (χ4n) is 3.09. The molecule has 132 valence electrons. The van der Waals surface area contributed by atoms with Crippen LogP contribution in [0.4, 0.5) is 0 Å². The summed E-state index contributed by atoms with van der Waals surface area (Å²) in [7, 11) is 3.10. The number of rotatable bonds is 4. The summed E-state index contributed by atoms with van der Waals surface area (Å²) in [6.45, 7) is 4.46. The van der Waals surface area contributed by atoms with E-state index in [1.807, 2.05) is 13.8 Å². The standard InChI is InChI=1S/C17H24N2O5/c1-11-9-18(7-8-19(11)15(21)10-20)17(22)13-5-6-14(23-3)16(24-4)12(13)2/h5-6,11,20H,7-10H2,1-4H3/t11-/m1/s1. The molecular formula is C17H24N2O5. The van der Waals surface area contributed by atoms with Gasteiger partial charge in [-0.3, -0.25) is 9.59 Å². The van der Waals surface area contributed by atoms with Crippen LogP contribution in [0.25, 0.3) is 0 Å². The molecule has 1 atom stereocenters. The number of carbonyl (C=O) groups is 2. The fraction of sp³-hybridized carbons (Fsp3) is 0.529. The largest absolute Gasteiger partial charge is 0.493 e. The predicted octanol–water partition coefficient (Wildman–Crippen LogP) is 0.677. The minimum atomic E-state index is -0.507. The molecule has 1 aromatic carbocycles. The highest BCUT2D eigenvalue weighted by atomic mass is 16.5. The van der Waals surface area contributed by atoms with Crippen molar-refractivity contribution < 1.29 is 24.2 Å². The van der Waals surface area contributed by atoms with Crippen LogP contribution in [0.2, 0.25) is 0 Å². The quantitative estimate of drug-likeness (QED) is 0.875. The van der Waals surface area contributed by atoms with Crippen molar-refractivity contribution in [3.63, 3.8) is 0 Å². The molecule has 2 rings (SSSR count). The lowest BCUT2D eigenvalue weighted by Gasteiger charge is -2.39. The van der Waals surface area contributed by atoms with Crippen LogP contribution in [0.5, 0.6) is 11.5 Å². The highest BCUT2D eigenvalue weighted by Gasteiger charge is 2.30. The Morgan fingerprint density at radius 2 is 1.96 bits per heavy atom. The van der Waals surface area contributed by atoms with Gasteiger partial charge < -0.3 is 24.4 Å². The Labute approximate surface area is 141 Å². The molecule has 24 heavy (non-hydrogen) atoms. The molecule has 1 aromatic rings. The molecule has 7 nitrogen and oxygen atoms in total. The highest BCUT2D eigenvalue weighted by molar-refractivity contribution is 5.97. The van der Waals surface area contributed by atoms with E-state index in [0.717, 1.165) is 5.56 Å². The van der Waals surface area contributed by atoms with E-state index in [0.29, 0.717) is 36.7 Å². The highest BCUT2D eigenvalue weighted by Crippen LogP contribution is 2.33. The average molecular weight is 336 g/mol. The third-order valence-corrected chi connectivity index (χ3v) is 4.39. The van der Waals surface area contributed by atoms with Crippen LogP contribution in [0, 0.1) is 6.92 Å². The van der Waals surface area contributed by atoms with Gasteiger partial charge in [-0.15, -0.1) is 0 Å². The number of hydrogen-bond donors (Lipinski definition) is 1. The number of aliphatic hydroxyl groups is 1. The van der Waals surface area contributed by atoms with Crippen molar-refractivity contribution in [2.75, 3.05) is 40.5 Å². The van der Waals surface area contributed by atoms with Gasteiger partial charge in [0.05, 0.1) is 14.2 Å². The lowest BCUT2D eigenvalue weighted by molar-refractivity contribution is -0.138. The monoisotopic (exact) mass is 336 g/mol. The predicted molar refractivity (Wildman–Crippen MR) is 88.4 cm³/mol. The number of methoxy groups -OCH3 is 2. The van der Waals surface area contributed by atoms with Crippen LogP contribution in [0.15, 0.2) is 12.1 Å². The second kappa shape index (κ2) is 7.53. The summed E-state index contributed by atoms with van der Waals surface area (Å²) in [5.41, 5.74) is 1.28. The van der Waals surface area contributed by atoms with Gasteiger partial charge in [0.1, 0.15) is 6.61 Å². The normalized spacial score (nSPS) is 17.6. The molecule has 0 aromatic heterocycles. The van der Waals surface area contributed by atoms with Crippen LogP contribution >= 0.6 is 0 Å². The average Bonchev–Trinajstić information content (AvgIpc) is 2.59. The van der Waals surface area contributed by atoms with Gasteiger partial charge in [-0.05, 0) is 26.0 Å². The zero-order valence-corrected chi connectivity index (χ0v) is 14.5. The van der Waals surface area contributed by atoms with Crippen molar-refractivity contribution in [2.24, 2.45) is 0 Å². The third-order valence-electron chi connectivity index (χ3n) is 4.39. The lowest BCUT2D eigenvalue weighted by Crippen LogP contribution is -2.56. The van der Waals surface area contributed by atoms with E-state index in [-0.39, 0.29) is 17.9 Å². The molecule has 0 saturated carbocycles. The number of carbonyl (C=O) groups excluding carboxylic acids is 2. The van der Waals surface area contributed by atoms with E-state index in [4.69, 9.17) is 14.6 Å². The summed E-state index contributed by atoms with van der Waals surface area (Å²) in [6, 6.07) is 3.31. The summed E-state index contributed by atoms with van der Waals surface area (Å²) in [5, 5.41) is 9.00. The molecular weight excluding hydrogens is 312 g/mol. The summed E-state index contributed by atoms with van der Waals surface area (Å²) >= 11 is 0. The number of aliphatic hydroxyl groups excluding tert-OH is 1. The van der Waals surface area contributed by atoms with Gasteiger partial charge in [0.2, 0.25) is 5.91 Å². The second-order valence-corrected chi connectivity index (χ2v) is 5.82. The van der Waals surface area contributed by atoms with Gasteiger partial charge in [-0.25, -0.2) is 0 Å². The fourth-order valence-corrected chi connectivity index (χ4v) is 3.09. The van der Waals surface area contributed by atoms with Crippen LogP contribution in [0.1, 0.15) is 22.8 Å². The van der Waals surface area contributed by atoms with Gasteiger partial charge in [0, 0.05) is 36.8 Å². The number of benzene rings is 1. The maximum Gasteiger partial charge on any atom is 0.254 e. The van der Waals surface area contributed by atoms with Gasteiger partial charge in [-0.1, -0.05) is 0 Å². The molecule has 1 aliphatic heterocycles. The van der Waals surface area contributed by atoms with E-state index in [9.17, 15) is 9.59 Å². The second-order valence-electron chi connectivity index (χ2n) is 5.82. The van der Waals surface area contributed by atoms with Crippen LogP contribution < -0.4 is 9.47 Å². The Bertz CT molecular complexity index is 632. The Morgan fingerprint density at radius 3 is 2.50 bits per heavy atom. The van der Waals surface area contributed by atoms with Crippen LogP contribution in [-0.4, -0.2) is 73.2 Å². The number of piperazine rings is 1. The molecule has 1 saturated heterocycles. The van der Waals surface area contributed by atoms with Gasteiger partial charge in [-0.2, -0.15) is 0 Å². The van der Waals surface area contributed by atoms with Crippen molar-refractivity contribution in [3.05, 3.63) is 23.3 Å². The summed E-state index contributed by atoms with van der Waals surface area (Å²) in [6.07, 6.45) is 0. The maximum absolute atomic E-state index is 12.9. The SMILES string of the molecule is COc1ccc(C(=O)N2CCN(C(=O)CO)[C@H](C)C2)c(C)c1OC. The van der Waals surface area contributed by atoms with Crippen molar-refractivity contribution in [2.45, 2.75) is 19.9 Å². The van der Waals surface area contributed by atoms with Crippen molar-refractivity contribution in [1.29, 1.82) is 0 Å². The Morgan fingerprint density at radius 1 is 1.25 bits per heavy atom. The number of hydrogen-bond acceptors (Lipinski definition) is 5. The van der Waals surface area contributed by atoms with E-state index in [1.54, 1.807) is 36.2 Å². The molecule has 1 fully saturated rings. The minimum Gasteiger partial charge on any atom is -0.493 e. The van der Waals surface area contributed by atoms with Crippen LogP contribution in [0.3, 0.4) is 0 Å². The number of ether oxygens (including phenoxy) is 2. The molecule has 0 radical (unpaired) electrons. The number of amides is 2.